The molecule has 0 unspecified atom stereocenters. The first-order valence-electron chi connectivity index (χ1n) is 8.97. The van der Waals surface area contributed by atoms with Gasteiger partial charge in [0.25, 0.3) is 10.2 Å². The molecule has 1 saturated carbocycles. The molecule has 2 N–H and O–H groups in total. The van der Waals surface area contributed by atoms with Crippen LogP contribution in [0.25, 0.3) is 0 Å². The zero-order valence-corrected chi connectivity index (χ0v) is 15.6. The minimum Gasteiger partial charge on any atom is -0.338 e. The van der Waals surface area contributed by atoms with E-state index in [4.69, 9.17) is 10.3 Å². The Labute approximate surface area is 149 Å². The number of nitrogens with two attached hydrogens (primary N) is 1. The molecule has 2 aliphatic rings. The van der Waals surface area contributed by atoms with E-state index in [0.29, 0.717) is 44.4 Å². The highest BCUT2D eigenvalue weighted by atomic mass is 32.2. The summed E-state index contributed by atoms with van der Waals surface area (Å²) < 4.78 is 33.9. The first-order chi connectivity index (χ1) is 12.0. The Bertz CT molecular complexity index is 650. The summed E-state index contributed by atoms with van der Waals surface area (Å²) in [7, 11) is -1.66. The topological polar surface area (TPSA) is 109 Å². The van der Waals surface area contributed by atoms with E-state index in [1.54, 1.807) is 15.7 Å². The van der Waals surface area contributed by atoms with Gasteiger partial charge in [0.2, 0.25) is 5.89 Å². The molecule has 2 fully saturated rings. The van der Waals surface area contributed by atoms with Crippen molar-refractivity contribution < 1.29 is 12.9 Å². The highest BCUT2D eigenvalue weighted by Crippen LogP contribution is 2.25. The maximum absolute atomic E-state index is 12.9. The fourth-order valence-electron chi connectivity index (χ4n) is 3.57. The summed E-state index contributed by atoms with van der Waals surface area (Å²) in [6.45, 7) is 3.07. The summed E-state index contributed by atoms with van der Waals surface area (Å²) in [4.78, 5) is 6.33. The predicted octanol–water partition coefficient (Wildman–Crippen LogP) is 0.155. The molecular weight excluding hydrogens is 344 g/mol. The van der Waals surface area contributed by atoms with Crippen LogP contribution in [-0.2, 0) is 23.3 Å². The lowest BCUT2D eigenvalue weighted by Gasteiger charge is -2.38. The summed E-state index contributed by atoms with van der Waals surface area (Å²) in [6.07, 6.45) is 5.39. The van der Waals surface area contributed by atoms with Crippen LogP contribution in [0.5, 0.6) is 0 Å². The zero-order chi connectivity index (χ0) is 17.9. The number of aromatic nitrogens is 2. The van der Waals surface area contributed by atoms with Crippen molar-refractivity contribution in [2.45, 2.75) is 51.2 Å². The third-order valence-corrected chi connectivity index (χ3v) is 7.20. The summed E-state index contributed by atoms with van der Waals surface area (Å²) in [5.74, 6) is 1.02. The molecule has 25 heavy (non-hydrogen) atoms. The fraction of sp³-hybridized carbons (Fsp3) is 0.867. The van der Waals surface area contributed by atoms with Gasteiger partial charge in [-0.15, -0.1) is 0 Å². The Morgan fingerprint density at radius 2 is 1.88 bits per heavy atom. The van der Waals surface area contributed by atoms with Crippen LogP contribution in [0.4, 0.5) is 0 Å². The average Bonchev–Trinajstić information content (AvgIpc) is 3.10. The summed E-state index contributed by atoms with van der Waals surface area (Å²) >= 11 is 0. The van der Waals surface area contributed by atoms with E-state index in [9.17, 15) is 8.42 Å². The van der Waals surface area contributed by atoms with Crippen LogP contribution in [0.1, 0.15) is 43.8 Å². The van der Waals surface area contributed by atoms with Gasteiger partial charge in [0.1, 0.15) is 0 Å². The molecule has 0 atom stereocenters. The summed E-state index contributed by atoms with van der Waals surface area (Å²) in [5.41, 5.74) is 5.46. The molecule has 1 saturated heterocycles. The van der Waals surface area contributed by atoms with Crippen LogP contribution in [0, 0.1) is 0 Å². The second-order valence-electron chi connectivity index (χ2n) is 6.80. The van der Waals surface area contributed by atoms with Gasteiger partial charge in [-0.2, -0.15) is 22.0 Å². The van der Waals surface area contributed by atoms with Gasteiger partial charge in [-0.05, 0) is 12.8 Å². The number of piperazine rings is 1. The molecule has 0 amide bonds. The second-order valence-corrected chi connectivity index (χ2v) is 8.79. The molecule has 1 aliphatic carbocycles. The lowest BCUT2D eigenvalue weighted by atomic mass is 9.96. The van der Waals surface area contributed by atoms with Crippen LogP contribution in [0.3, 0.4) is 0 Å². The second kappa shape index (κ2) is 8.09. The van der Waals surface area contributed by atoms with Crippen LogP contribution in [0.2, 0.25) is 0 Å². The molecule has 9 nitrogen and oxygen atoms in total. The first-order valence-corrected chi connectivity index (χ1v) is 10.4. The Hall–Kier alpha value is -1.07. The highest BCUT2D eigenvalue weighted by Gasteiger charge is 2.34. The van der Waals surface area contributed by atoms with Gasteiger partial charge in [0.15, 0.2) is 5.82 Å². The van der Waals surface area contributed by atoms with E-state index < -0.39 is 10.2 Å². The van der Waals surface area contributed by atoms with Crippen molar-refractivity contribution in [3.05, 3.63) is 11.7 Å². The summed E-state index contributed by atoms with van der Waals surface area (Å²) in [5, 5.41) is 3.89. The molecule has 0 bridgehead atoms. The van der Waals surface area contributed by atoms with E-state index in [0.717, 1.165) is 25.7 Å². The Morgan fingerprint density at radius 1 is 1.20 bits per heavy atom. The van der Waals surface area contributed by atoms with E-state index in [1.807, 2.05) is 0 Å². The fourth-order valence-corrected chi connectivity index (χ4v) is 5.15. The van der Waals surface area contributed by atoms with Crippen LogP contribution < -0.4 is 5.73 Å². The third kappa shape index (κ3) is 4.37. The minimum atomic E-state index is -3.38. The number of rotatable bonds is 6. The molecule has 1 aliphatic heterocycles. The molecule has 1 aromatic heterocycles. The number of hydrogen-bond donors (Lipinski definition) is 1. The standard InChI is InChI=1S/C15H28N6O3S/c1-19(13-5-3-2-4-6-13)25(22,23)21-9-7-20(8-10-21)12-14-17-15(11-16)24-18-14/h13H,2-12,16H2,1H3. The molecule has 142 valence electrons. The molecule has 0 radical (unpaired) electrons. The Kier molecular flexibility index (Phi) is 6.05. The zero-order valence-electron chi connectivity index (χ0n) is 14.8. The van der Waals surface area contributed by atoms with Gasteiger partial charge >= 0.3 is 0 Å². The molecular formula is C15H28N6O3S. The lowest BCUT2D eigenvalue weighted by Crippen LogP contribution is -2.54. The molecule has 0 aromatic carbocycles. The van der Waals surface area contributed by atoms with Crippen molar-refractivity contribution in [3.8, 4) is 0 Å². The Balaban J connectivity index is 1.53. The van der Waals surface area contributed by atoms with Gasteiger partial charge in [0.05, 0.1) is 13.1 Å². The van der Waals surface area contributed by atoms with E-state index in [-0.39, 0.29) is 12.6 Å². The largest absolute Gasteiger partial charge is 0.338 e. The van der Waals surface area contributed by atoms with Crippen molar-refractivity contribution in [2.24, 2.45) is 5.73 Å². The maximum Gasteiger partial charge on any atom is 0.282 e. The predicted molar refractivity (Wildman–Crippen MR) is 92.6 cm³/mol. The number of nitrogens with zero attached hydrogens (tertiary/aromatic N) is 5. The van der Waals surface area contributed by atoms with Crippen molar-refractivity contribution in [1.82, 2.24) is 23.7 Å². The van der Waals surface area contributed by atoms with Crippen molar-refractivity contribution in [3.63, 3.8) is 0 Å². The van der Waals surface area contributed by atoms with Crippen molar-refractivity contribution >= 4 is 10.2 Å². The minimum absolute atomic E-state index is 0.144. The molecule has 1 aromatic rings. The smallest absolute Gasteiger partial charge is 0.282 e. The van der Waals surface area contributed by atoms with Gasteiger partial charge in [-0.25, -0.2) is 0 Å². The monoisotopic (exact) mass is 372 g/mol. The molecule has 2 heterocycles. The summed E-state index contributed by atoms with van der Waals surface area (Å²) in [6, 6.07) is 0.144. The molecule has 10 heteroatoms. The number of hydrogen-bond acceptors (Lipinski definition) is 7. The first kappa shape index (κ1) is 18.7. The maximum atomic E-state index is 12.9. The highest BCUT2D eigenvalue weighted by molar-refractivity contribution is 7.86. The van der Waals surface area contributed by atoms with E-state index >= 15 is 0 Å². The molecule has 3 rings (SSSR count). The van der Waals surface area contributed by atoms with Crippen molar-refractivity contribution in [1.29, 1.82) is 0 Å². The van der Waals surface area contributed by atoms with Gasteiger partial charge in [-0.1, -0.05) is 24.4 Å². The van der Waals surface area contributed by atoms with Crippen LogP contribution in [-0.4, -0.2) is 71.3 Å². The normalized spacial score (nSPS) is 21.9. The quantitative estimate of drug-likeness (QED) is 0.757. The third-order valence-electron chi connectivity index (χ3n) is 5.16. The van der Waals surface area contributed by atoms with Crippen LogP contribution >= 0.6 is 0 Å². The Morgan fingerprint density at radius 3 is 2.48 bits per heavy atom. The van der Waals surface area contributed by atoms with Gasteiger partial charge in [0, 0.05) is 39.3 Å². The average molecular weight is 372 g/mol. The van der Waals surface area contributed by atoms with E-state index in [2.05, 4.69) is 15.0 Å². The van der Waals surface area contributed by atoms with E-state index in [1.165, 1.54) is 6.42 Å². The van der Waals surface area contributed by atoms with Gasteiger partial charge < -0.3 is 10.3 Å². The SMILES string of the molecule is CN(C1CCCCC1)S(=O)(=O)N1CCN(Cc2noc(CN)n2)CC1. The van der Waals surface area contributed by atoms with Crippen LogP contribution in [0.15, 0.2) is 4.52 Å². The van der Waals surface area contributed by atoms with Gasteiger partial charge in [-0.3, -0.25) is 4.90 Å². The lowest BCUT2D eigenvalue weighted by molar-refractivity contribution is 0.166. The molecule has 0 spiro atoms. The van der Waals surface area contributed by atoms with Crippen molar-refractivity contribution in [2.75, 3.05) is 33.2 Å².